The number of esters is 4. The van der Waals surface area contributed by atoms with E-state index in [0.717, 1.165) is 34.8 Å². The third kappa shape index (κ3) is 3.14. The van der Waals surface area contributed by atoms with Gasteiger partial charge in [0, 0.05) is 20.8 Å². The number of carbonyl (C=O) groups is 4. The van der Waals surface area contributed by atoms with Crippen LogP contribution >= 0.6 is 0 Å². The Kier molecular flexibility index (Phi) is 5.96. The largest absolute Gasteiger partial charge is 0.467 e. The molecule has 1 aliphatic heterocycles. The summed E-state index contributed by atoms with van der Waals surface area (Å²) in [6.45, 7) is 9.37. The number of hydrogen-bond acceptors (Lipinski definition) is 10. The highest BCUT2D eigenvalue weighted by atomic mass is 16.7. The second-order valence-corrected chi connectivity index (χ2v) is 7.49. The first kappa shape index (κ1) is 23.8. The Morgan fingerprint density at radius 2 is 1.07 bits per heavy atom. The van der Waals surface area contributed by atoms with Crippen molar-refractivity contribution in [1.82, 2.24) is 0 Å². The molecule has 1 rings (SSSR count). The maximum Gasteiger partial charge on any atom is 0.342 e. The van der Waals surface area contributed by atoms with Crippen molar-refractivity contribution < 1.29 is 48.0 Å². The Bertz CT molecular complexity index is 700. The molecule has 1 aliphatic rings. The standard InChI is InChI=1S/C18H28O10/c1-10(19)25-15(5)14(4,13(22)24-9)28-18(8,23)17(7,27-12(3)21)16(15,6)26-11(2)20/h23H,1-9H3/t14-,15+,16-,17-,18+/m0/s1. The Morgan fingerprint density at radius 3 is 1.43 bits per heavy atom. The van der Waals surface area contributed by atoms with E-state index in [0.29, 0.717) is 0 Å². The van der Waals surface area contributed by atoms with Crippen molar-refractivity contribution in [2.75, 3.05) is 7.11 Å². The summed E-state index contributed by atoms with van der Waals surface area (Å²) in [4.78, 5) is 48.4. The summed E-state index contributed by atoms with van der Waals surface area (Å²) in [5.74, 6) is -5.90. The molecule has 1 heterocycles. The molecule has 0 amide bonds. The van der Waals surface area contributed by atoms with E-state index in [9.17, 15) is 24.3 Å². The van der Waals surface area contributed by atoms with Gasteiger partial charge >= 0.3 is 23.9 Å². The highest BCUT2D eigenvalue weighted by molar-refractivity contribution is 5.83. The van der Waals surface area contributed by atoms with Crippen LogP contribution in [0.3, 0.4) is 0 Å². The molecule has 0 aliphatic carbocycles. The van der Waals surface area contributed by atoms with Crippen molar-refractivity contribution in [3.8, 4) is 0 Å². The Balaban J connectivity index is 4.02. The number of ether oxygens (including phenoxy) is 5. The van der Waals surface area contributed by atoms with Crippen molar-refractivity contribution >= 4 is 23.9 Å². The smallest absolute Gasteiger partial charge is 0.342 e. The Hall–Kier alpha value is -2.20. The first-order valence-electron chi connectivity index (χ1n) is 8.54. The summed E-state index contributed by atoms with van der Waals surface area (Å²) >= 11 is 0. The number of hydrogen-bond donors (Lipinski definition) is 1. The molecular formula is C18H28O10. The van der Waals surface area contributed by atoms with Crippen LogP contribution in [0.1, 0.15) is 55.4 Å². The lowest BCUT2D eigenvalue weighted by molar-refractivity contribution is -0.437. The van der Waals surface area contributed by atoms with Gasteiger partial charge in [0.15, 0.2) is 11.2 Å². The monoisotopic (exact) mass is 404 g/mol. The van der Waals surface area contributed by atoms with Crippen LogP contribution < -0.4 is 0 Å². The van der Waals surface area contributed by atoms with Crippen LogP contribution in [0.5, 0.6) is 0 Å². The Labute approximate surface area is 163 Å². The minimum Gasteiger partial charge on any atom is -0.467 e. The fraction of sp³-hybridized carbons (Fsp3) is 0.778. The van der Waals surface area contributed by atoms with Gasteiger partial charge in [-0.1, -0.05) is 0 Å². The Morgan fingerprint density at radius 1 is 0.714 bits per heavy atom. The molecular weight excluding hydrogens is 376 g/mol. The molecule has 0 unspecified atom stereocenters. The second-order valence-electron chi connectivity index (χ2n) is 7.49. The fourth-order valence-electron chi connectivity index (χ4n) is 3.82. The number of methoxy groups -OCH3 is 1. The number of aliphatic hydroxyl groups is 1. The van der Waals surface area contributed by atoms with Crippen molar-refractivity contribution in [3.05, 3.63) is 0 Å². The maximum atomic E-state index is 12.7. The zero-order valence-electron chi connectivity index (χ0n) is 17.6. The van der Waals surface area contributed by atoms with Crippen LogP contribution in [0, 0.1) is 0 Å². The lowest BCUT2D eigenvalue weighted by Crippen LogP contribution is -2.87. The molecule has 1 saturated heterocycles. The minimum atomic E-state index is -2.37. The van der Waals surface area contributed by atoms with Gasteiger partial charge in [0.25, 0.3) is 0 Å². The molecule has 0 radical (unpaired) electrons. The van der Waals surface area contributed by atoms with Gasteiger partial charge < -0.3 is 28.8 Å². The fourth-order valence-corrected chi connectivity index (χ4v) is 3.82. The van der Waals surface area contributed by atoms with Gasteiger partial charge in [-0.15, -0.1) is 0 Å². The number of rotatable bonds is 4. The van der Waals surface area contributed by atoms with Gasteiger partial charge in [0.05, 0.1) is 7.11 Å². The zero-order valence-corrected chi connectivity index (χ0v) is 17.6. The normalized spacial score (nSPS) is 40.2. The van der Waals surface area contributed by atoms with Crippen molar-refractivity contribution in [2.24, 2.45) is 0 Å². The van der Waals surface area contributed by atoms with Crippen LogP contribution in [0.15, 0.2) is 0 Å². The molecule has 1 fully saturated rings. The van der Waals surface area contributed by atoms with E-state index in [2.05, 4.69) is 0 Å². The van der Waals surface area contributed by atoms with Gasteiger partial charge in [-0.2, -0.15) is 0 Å². The molecule has 10 nitrogen and oxygen atoms in total. The molecule has 160 valence electrons. The van der Waals surface area contributed by atoms with Crippen LogP contribution in [0.25, 0.3) is 0 Å². The quantitative estimate of drug-likeness (QED) is 0.525. The summed E-state index contributed by atoms with van der Waals surface area (Å²) in [5, 5.41) is 11.1. The van der Waals surface area contributed by atoms with Crippen molar-refractivity contribution in [1.29, 1.82) is 0 Å². The third-order valence-electron chi connectivity index (χ3n) is 5.64. The SMILES string of the molecule is COC(=O)[C@]1(C)O[C@@](C)(O)[C@@](C)(OC(C)=O)[C@@](C)(OC(C)=O)[C@]1(C)OC(C)=O. The number of carbonyl (C=O) groups excluding carboxylic acids is 4. The van der Waals surface area contributed by atoms with Crippen LogP contribution in [0.4, 0.5) is 0 Å². The van der Waals surface area contributed by atoms with E-state index in [-0.39, 0.29) is 0 Å². The van der Waals surface area contributed by atoms with E-state index in [4.69, 9.17) is 23.7 Å². The molecule has 0 saturated carbocycles. The molecule has 10 heteroatoms. The maximum absolute atomic E-state index is 12.7. The zero-order chi connectivity index (χ0) is 22.3. The summed E-state index contributed by atoms with van der Waals surface area (Å²) in [6.07, 6.45) is 0. The predicted octanol–water partition coefficient (Wildman–Crippen LogP) is 0.622. The topological polar surface area (TPSA) is 135 Å². The van der Waals surface area contributed by atoms with Crippen LogP contribution in [0.2, 0.25) is 0 Å². The molecule has 0 aromatic carbocycles. The molecule has 0 aromatic heterocycles. The van der Waals surface area contributed by atoms with Gasteiger partial charge in [0.1, 0.15) is 0 Å². The first-order chi connectivity index (χ1) is 12.4. The molecule has 0 aromatic rings. The lowest BCUT2D eigenvalue weighted by Gasteiger charge is -2.65. The van der Waals surface area contributed by atoms with Gasteiger partial charge in [-0.25, -0.2) is 4.79 Å². The molecule has 28 heavy (non-hydrogen) atoms. The predicted molar refractivity (Wildman–Crippen MR) is 92.6 cm³/mol. The molecule has 5 atom stereocenters. The van der Waals surface area contributed by atoms with E-state index in [1.54, 1.807) is 0 Å². The summed E-state index contributed by atoms with van der Waals surface area (Å²) in [5.41, 5.74) is -8.43. The van der Waals surface area contributed by atoms with Crippen LogP contribution in [-0.4, -0.2) is 64.3 Å². The van der Waals surface area contributed by atoms with Gasteiger partial charge in [-0.05, 0) is 34.6 Å². The molecule has 0 bridgehead atoms. The summed E-state index contributed by atoms with van der Waals surface area (Å²) in [6, 6.07) is 0. The second kappa shape index (κ2) is 7.00. The third-order valence-corrected chi connectivity index (χ3v) is 5.64. The average molecular weight is 404 g/mol. The van der Waals surface area contributed by atoms with Crippen LogP contribution in [-0.2, 0) is 42.9 Å². The van der Waals surface area contributed by atoms with E-state index < -0.39 is 52.1 Å². The van der Waals surface area contributed by atoms with Gasteiger partial charge in [0.2, 0.25) is 17.0 Å². The van der Waals surface area contributed by atoms with E-state index in [1.165, 1.54) is 27.7 Å². The van der Waals surface area contributed by atoms with Crippen molar-refractivity contribution in [2.45, 2.75) is 83.6 Å². The lowest BCUT2D eigenvalue weighted by atomic mass is 9.60. The highest BCUT2D eigenvalue weighted by Crippen LogP contribution is 2.58. The first-order valence-corrected chi connectivity index (χ1v) is 8.54. The van der Waals surface area contributed by atoms with Gasteiger partial charge in [-0.3, -0.25) is 14.4 Å². The molecule has 0 spiro atoms. The summed E-state index contributed by atoms with van der Waals surface area (Å²) in [7, 11) is 1.07. The highest BCUT2D eigenvalue weighted by Gasteiger charge is 2.82. The summed E-state index contributed by atoms with van der Waals surface area (Å²) < 4.78 is 26.8. The minimum absolute atomic E-state index is 0.836. The van der Waals surface area contributed by atoms with E-state index >= 15 is 0 Å². The van der Waals surface area contributed by atoms with E-state index in [1.807, 2.05) is 0 Å². The average Bonchev–Trinajstić information content (AvgIpc) is 2.49. The molecule has 1 N–H and O–H groups in total. The van der Waals surface area contributed by atoms with Crippen molar-refractivity contribution in [3.63, 3.8) is 0 Å².